The van der Waals surface area contributed by atoms with Gasteiger partial charge in [0.15, 0.2) is 0 Å². The topological polar surface area (TPSA) is 56.6 Å². The fourth-order valence-electron chi connectivity index (χ4n) is 1.47. The second kappa shape index (κ2) is 6.50. The van der Waals surface area contributed by atoms with Crippen molar-refractivity contribution in [1.29, 1.82) is 0 Å². The zero-order valence-electron chi connectivity index (χ0n) is 9.06. The van der Waals surface area contributed by atoms with Crippen LogP contribution in [0, 0.1) is 6.92 Å². The van der Waals surface area contributed by atoms with Crippen LogP contribution in [-0.2, 0) is 6.54 Å². The summed E-state index contributed by atoms with van der Waals surface area (Å²) in [6.07, 6.45) is 0. The summed E-state index contributed by atoms with van der Waals surface area (Å²) in [5, 5.41) is 17.7. The van der Waals surface area contributed by atoms with Crippen LogP contribution in [0.1, 0.15) is 11.4 Å². The largest absolute Gasteiger partial charge is 0.395 e. The third-order valence-corrected chi connectivity index (χ3v) is 2.16. The van der Waals surface area contributed by atoms with Gasteiger partial charge in [-0.1, -0.05) is 6.07 Å². The molecule has 1 aromatic rings. The molecular formula is C11H18N2O2. The van der Waals surface area contributed by atoms with Gasteiger partial charge in [-0.3, -0.25) is 9.88 Å². The van der Waals surface area contributed by atoms with Crippen molar-refractivity contribution in [3.63, 3.8) is 0 Å². The van der Waals surface area contributed by atoms with Gasteiger partial charge in [-0.2, -0.15) is 0 Å². The van der Waals surface area contributed by atoms with Crippen molar-refractivity contribution in [3.05, 3.63) is 29.6 Å². The van der Waals surface area contributed by atoms with Gasteiger partial charge in [0, 0.05) is 25.3 Å². The molecule has 0 fully saturated rings. The molecule has 2 N–H and O–H groups in total. The smallest absolute Gasteiger partial charge is 0.0558 e. The molecule has 15 heavy (non-hydrogen) atoms. The average molecular weight is 210 g/mol. The van der Waals surface area contributed by atoms with Crippen LogP contribution in [0.15, 0.2) is 18.2 Å². The molecule has 0 saturated heterocycles. The first kappa shape index (κ1) is 12.1. The highest BCUT2D eigenvalue weighted by Crippen LogP contribution is 2.02. The van der Waals surface area contributed by atoms with E-state index in [-0.39, 0.29) is 13.2 Å². The van der Waals surface area contributed by atoms with Crippen LogP contribution >= 0.6 is 0 Å². The Kier molecular flexibility index (Phi) is 5.25. The van der Waals surface area contributed by atoms with E-state index in [4.69, 9.17) is 10.2 Å². The minimum atomic E-state index is 0.103. The molecule has 0 amide bonds. The van der Waals surface area contributed by atoms with E-state index in [1.165, 1.54) is 0 Å². The Bertz CT molecular complexity index is 286. The van der Waals surface area contributed by atoms with Crippen LogP contribution in [-0.4, -0.2) is 46.4 Å². The Hall–Kier alpha value is -0.970. The predicted molar refractivity (Wildman–Crippen MR) is 58.4 cm³/mol. The van der Waals surface area contributed by atoms with Crippen molar-refractivity contribution in [3.8, 4) is 0 Å². The summed E-state index contributed by atoms with van der Waals surface area (Å²) in [6.45, 7) is 3.96. The molecule has 0 aliphatic carbocycles. The van der Waals surface area contributed by atoms with Crippen LogP contribution in [0.3, 0.4) is 0 Å². The van der Waals surface area contributed by atoms with E-state index >= 15 is 0 Å². The zero-order chi connectivity index (χ0) is 11.1. The maximum atomic E-state index is 8.85. The number of hydrogen-bond donors (Lipinski definition) is 2. The highest BCUT2D eigenvalue weighted by Gasteiger charge is 2.05. The first-order chi connectivity index (χ1) is 7.26. The first-order valence-electron chi connectivity index (χ1n) is 5.13. The maximum absolute atomic E-state index is 8.85. The molecule has 0 unspecified atom stereocenters. The molecule has 1 heterocycles. The van der Waals surface area contributed by atoms with Gasteiger partial charge < -0.3 is 10.2 Å². The minimum absolute atomic E-state index is 0.103. The summed E-state index contributed by atoms with van der Waals surface area (Å²) < 4.78 is 0. The number of nitrogens with zero attached hydrogens (tertiary/aromatic N) is 2. The fourth-order valence-corrected chi connectivity index (χ4v) is 1.47. The number of aliphatic hydroxyl groups is 2. The van der Waals surface area contributed by atoms with Crippen molar-refractivity contribution in [2.45, 2.75) is 13.5 Å². The predicted octanol–water partition coefficient (Wildman–Crippen LogP) is 0.177. The van der Waals surface area contributed by atoms with E-state index in [1.807, 2.05) is 30.0 Å². The van der Waals surface area contributed by atoms with Gasteiger partial charge in [-0.25, -0.2) is 0 Å². The molecule has 0 atom stereocenters. The van der Waals surface area contributed by atoms with Crippen LogP contribution in [0.2, 0.25) is 0 Å². The number of hydrogen-bond acceptors (Lipinski definition) is 4. The maximum Gasteiger partial charge on any atom is 0.0558 e. The zero-order valence-corrected chi connectivity index (χ0v) is 9.06. The summed E-state index contributed by atoms with van der Waals surface area (Å²) >= 11 is 0. The van der Waals surface area contributed by atoms with E-state index in [1.54, 1.807) is 0 Å². The molecule has 0 aromatic carbocycles. The van der Waals surface area contributed by atoms with Crippen molar-refractivity contribution in [2.75, 3.05) is 26.3 Å². The Morgan fingerprint density at radius 2 is 1.87 bits per heavy atom. The lowest BCUT2D eigenvalue weighted by atomic mass is 10.3. The van der Waals surface area contributed by atoms with E-state index in [0.717, 1.165) is 11.4 Å². The van der Waals surface area contributed by atoms with Gasteiger partial charge in [0.1, 0.15) is 0 Å². The summed E-state index contributed by atoms with van der Waals surface area (Å²) in [7, 11) is 0. The van der Waals surface area contributed by atoms with Gasteiger partial charge in [-0.05, 0) is 19.1 Å². The van der Waals surface area contributed by atoms with Crippen molar-refractivity contribution >= 4 is 0 Å². The van der Waals surface area contributed by atoms with Gasteiger partial charge in [0.2, 0.25) is 0 Å². The van der Waals surface area contributed by atoms with Crippen LogP contribution in [0.25, 0.3) is 0 Å². The molecule has 4 nitrogen and oxygen atoms in total. The summed E-state index contributed by atoms with van der Waals surface area (Å²) in [6, 6.07) is 5.87. The first-order valence-corrected chi connectivity index (χ1v) is 5.13. The van der Waals surface area contributed by atoms with Gasteiger partial charge in [-0.15, -0.1) is 0 Å². The van der Waals surface area contributed by atoms with E-state index in [0.29, 0.717) is 19.6 Å². The van der Waals surface area contributed by atoms with Crippen molar-refractivity contribution in [1.82, 2.24) is 9.88 Å². The molecule has 0 saturated carbocycles. The molecular weight excluding hydrogens is 192 g/mol. The molecule has 0 radical (unpaired) electrons. The molecule has 0 spiro atoms. The van der Waals surface area contributed by atoms with Crippen molar-refractivity contribution < 1.29 is 10.2 Å². The van der Waals surface area contributed by atoms with Crippen molar-refractivity contribution in [2.24, 2.45) is 0 Å². The number of pyridine rings is 1. The van der Waals surface area contributed by atoms with Crippen LogP contribution in [0.4, 0.5) is 0 Å². The van der Waals surface area contributed by atoms with Gasteiger partial charge >= 0.3 is 0 Å². The number of aromatic nitrogens is 1. The third kappa shape index (κ3) is 4.38. The molecule has 0 aliphatic heterocycles. The van der Waals surface area contributed by atoms with Gasteiger partial charge in [0.05, 0.1) is 18.9 Å². The second-order valence-corrected chi connectivity index (χ2v) is 3.49. The fraction of sp³-hybridized carbons (Fsp3) is 0.545. The third-order valence-electron chi connectivity index (χ3n) is 2.16. The highest BCUT2D eigenvalue weighted by molar-refractivity contribution is 5.09. The lowest BCUT2D eigenvalue weighted by molar-refractivity contribution is 0.154. The molecule has 1 rings (SSSR count). The number of rotatable bonds is 6. The second-order valence-electron chi connectivity index (χ2n) is 3.49. The number of aliphatic hydroxyl groups excluding tert-OH is 2. The molecule has 84 valence electrons. The standard InChI is InChI=1S/C11H18N2O2/c1-10-3-2-4-11(12-10)9-13(5-7-14)6-8-15/h2-4,14-15H,5-9H2,1H3. The number of aryl methyl sites for hydroxylation is 1. The molecule has 0 bridgehead atoms. The Balaban J connectivity index is 2.56. The lowest BCUT2D eigenvalue weighted by Crippen LogP contribution is -2.29. The van der Waals surface area contributed by atoms with Gasteiger partial charge in [0.25, 0.3) is 0 Å². The summed E-state index contributed by atoms with van der Waals surface area (Å²) in [5.74, 6) is 0. The van der Waals surface area contributed by atoms with E-state index in [9.17, 15) is 0 Å². The molecule has 1 aromatic heterocycles. The summed E-state index contributed by atoms with van der Waals surface area (Å²) in [5.41, 5.74) is 1.96. The van der Waals surface area contributed by atoms with Crippen LogP contribution < -0.4 is 0 Å². The molecule has 4 heteroatoms. The van der Waals surface area contributed by atoms with E-state index in [2.05, 4.69) is 4.98 Å². The summed E-state index contributed by atoms with van der Waals surface area (Å²) in [4.78, 5) is 6.35. The van der Waals surface area contributed by atoms with Crippen LogP contribution in [0.5, 0.6) is 0 Å². The monoisotopic (exact) mass is 210 g/mol. The Morgan fingerprint density at radius 1 is 1.20 bits per heavy atom. The minimum Gasteiger partial charge on any atom is -0.395 e. The highest BCUT2D eigenvalue weighted by atomic mass is 16.3. The normalized spacial score (nSPS) is 10.9. The Morgan fingerprint density at radius 3 is 2.40 bits per heavy atom. The average Bonchev–Trinajstić information content (AvgIpc) is 2.18. The lowest BCUT2D eigenvalue weighted by Gasteiger charge is -2.19. The SMILES string of the molecule is Cc1cccc(CN(CCO)CCO)n1. The van der Waals surface area contributed by atoms with E-state index < -0.39 is 0 Å². The Labute approximate surface area is 90.2 Å². The molecule has 0 aliphatic rings. The quantitative estimate of drug-likeness (QED) is 0.703.